The number of anilines is 1. The van der Waals surface area contributed by atoms with Gasteiger partial charge in [0.25, 0.3) is 10.0 Å². The van der Waals surface area contributed by atoms with E-state index in [1.54, 1.807) is 30.3 Å². The topological polar surface area (TPSA) is 58.2 Å². The number of rotatable bonds is 6. The zero-order valence-electron chi connectivity index (χ0n) is 13.9. The molecule has 0 aliphatic carbocycles. The van der Waals surface area contributed by atoms with E-state index >= 15 is 0 Å². The van der Waals surface area contributed by atoms with Crippen molar-refractivity contribution in [3.8, 4) is 11.1 Å². The van der Waals surface area contributed by atoms with Gasteiger partial charge in [-0.25, -0.2) is 8.42 Å². The number of hydrogen-bond acceptors (Lipinski definition) is 3. The van der Waals surface area contributed by atoms with Gasteiger partial charge in [-0.2, -0.15) is 0 Å². The molecule has 3 aromatic carbocycles. The van der Waals surface area contributed by atoms with E-state index in [0.29, 0.717) is 12.2 Å². The zero-order valence-corrected chi connectivity index (χ0v) is 14.8. The summed E-state index contributed by atoms with van der Waals surface area (Å²) >= 11 is 0. The lowest BCUT2D eigenvalue weighted by Gasteiger charge is -2.15. The van der Waals surface area contributed by atoms with Gasteiger partial charge < -0.3 is 5.32 Å². The number of benzene rings is 3. The molecular weight excluding hydrogens is 332 g/mol. The smallest absolute Gasteiger partial charge is 0.261 e. The number of hydrogen-bond donors (Lipinski definition) is 2. The van der Waals surface area contributed by atoms with Crippen LogP contribution in [0.1, 0.15) is 5.56 Å². The van der Waals surface area contributed by atoms with E-state index in [2.05, 4.69) is 10.0 Å². The highest BCUT2D eigenvalue weighted by Gasteiger charge is 2.16. The van der Waals surface area contributed by atoms with Gasteiger partial charge in [0, 0.05) is 12.1 Å². The molecule has 0 unspecified atom stereocenters. The second-order valence-corrected chi connectivity index (χ2v) is 7.38. The van der Waals surface area contributed by atoms with Gasteiger partial charge in [-0.05, 0) is 36.4 Å². The lowest BCUT2D eigenvalue weighted by Crippen LogP contribution is -2.14. The van der Waals surface area contributed by atoms with Gasteiger partial charge in [-0.15, -0.1) is 0 Å². The molecule has 0 atom stereocenters. The Balaban J connectivity index is 2.05. The number of nitrogens with one attached hydrogen (secondary N) is 2. The Bertz CT molecular complexity index is 940. The average Bonchev–Trinajstić information content (AvgIpc) is 2.63. The lowest BCUT2D eigenvalue weighted by atomic mass is 10.0. The predicted molar refractivity (Wildman–Crippen MR) is 102 cm³/mol. The van der Waals surface area contributed by atoms with Crippen molar-refractivity contribution in [3.05, 3.63) is 84.4 Å². The van der Waals surface area contributed by atoms with Crippen LogP contribution in [0.3, 0.4) is 0 Å². The second-order valence-electron chi connectivity index (χ2n) is 5.69. The van der Waals surface area contributed by atoms with Crippen LogP contribution >= 0.6 is 0 Å². The van der Waals surface area contributed by atoms with Gasteiger partial charge in [0.15, 0.2) is 0 Å². The fourth-order valence-corrected chi connectivity index (χ4v) is 3.75. The Morgan fingerprint density at radius 3 is 2.12 bits per heavy atom. The first kappa shape index (κ1) is 17.2. The van der Waals surface area contributed by atoms with Crippen LogP contribution in [0.25, 0.3) is 11.1 Å². The van der Waals surface area contributed by atoms with Gasteiger partial charge in [-0.1, -0.05) is 60.7 Å². The highest BCUT2D eigenvalue weighted by Crippen LogP contribution is 2.30. The first-order valence-corrected chi connectivity index (χ1v) is 9.49. The minimum absolute atomic E-state index is 0.244. The van der Waals surface area contributed by atoms with E-state index < -0.39 is 10.0 Å². The molecule has 2 N–H and O–H groups in total. The Kier molecular flexibility index (Phi) is 5.16. The van der Waals surface area contributed by atoms with Gasteiger partial charge in [-0.3, -0.25) is 4.72 Å². The van der Waals surface area contributed by atoms with Gasteiger partial charge in [0.2, 0.25) is 0 Å². The van der Waals surface area contributed by atoms with Crippen LogP contribution < -0.4 is 10.0 Å². The predicted octanol–water partition coefficient (Wildman–Crippen LogP) is 3.87. The minimum atomic E-state index is -3.65. The summed E-state index contributed by atoms with van der Waals surface area (Å²) in [5.74, 6) is 0. The molecular formula is C20H20N2O2S. The maximum atomic E-state index is 12.7. The van der Waals surface area contributed by atoms with Crippen LogP contribution in [0.5, 0.6) is 0 Å². The van der Waals surface area contributed by atoms with E-state index in [-0.39, 0.29) is 4.90 Å². The van der Waals surface area contributed by atoms with Crippen LogP contribution in [0.4, 0.5) is 5.69 Å². The summed E-state index contributed by atoms with van der Waals surface area (Å²) in [6.07, 6.45) is 0. The van der Waals surface area contributed by atoms with Crippen LogP contribution in [0.2, 0.25) is 0 Å². The molecule has 3 aromatic rings. The van der Waals surface area contributed by atoms with E-state index in [1.807, 2.05) is 55.6 Å². The van der Waals surface area contributed by atoms with Crippen molar-refractivity contribution in [1.82, 2.24) is 5.32 Å². The Labute approximate surface area is 148 Å². The van der Waals surface area contributed by atoms with Crippen LogP contribution in [-0.4, -0.2) is 15.5 Å². The summed E-state index contributed by atoms with van der Waals surface area (Å²) in [6.45, 7) is 0.662. The van der Waals surface area contributed by atoms with Crippen molar-refractivity contribution in [2.75, 3.05) is 11.8 Å². The molecule has 0 fully saturated rings. The van der Waals surface area contributed by atoms with Gasteiger partial charge >= 0.3 is 0 Å². The first-order valence-electron chi connectivity index (χ1n) is 8.01. The Morgan fingerprint density at radius 2 is 1.48 bits per heavy atom. The van der Waals surface area contributed by atoms with Crippen molar-refractivity contribution < 1.29 is 8.42 Å². The minimum Gasteiger partial charge on any atom is -0.316 e. The Hall–Kier alpha value is -2.63. The SMILES string of the molecule is CNCc1ccc(-c2ccccc2)c(NS(=O)(=O)c2ccccc2)c1. The third kappa shape index (κ3) is 4.07. The Morgan fingerprint density at radius 1 is 0.840 bits per heavy atom. The molecule has 4 nitrogen and oxygen atoms in total. The third-order valence-corrected chi connectivity index (χ3v) is 5.23. The molecule has 0 aliphatic heterocycles. The molecule has 5 heteroatoms. The first-order chi connectivity index (χ1) is 12.1. The molecule has 0 bridgehead atoms. The molecule has 0 heterocycles. The molecule has 0 spiro atoms. The van der Waals surface area contributed by atoms with E-state index in [1.165, 1.54) is 0 Å². The van der Waals surface area contributed by atoms with Crippen molar-refractivity contribution >= 4 is 15.7 Å². The van der Waals surface area contributed by atoms with Crippen molar-refractivity contribution in [3.63, 3.8) is 0 Å². The molecule has 0 aliphatic rings. The molecule has 0 radical (unpaired) electrons. The number of sulfonamides is 1. The second kappa shape index (κ2) is 7.51. The third-order valence-electron chi connectivity index (χ3n) is 3.85. The summed E-state index contributed by atoms with van der Waals surface area (Å²) in [5, 5.41) is 3.09. The molecule has 0 amide bonds. The highest BCUT2D eigenvalue weighted by atomic mass is 32.2. The van der Waals surface area contributed by atoms with Crippen molar-refractivity contribution in [2.24, 2.45) is 0 Å². The summed E-state index contributed by atoms with van der Waals surface area (Å²) in [7, 11) is -1.79. The van der Waals surface area contributed by atoms with Crippen molar-refractivity contribution in [1.29, 1.82) is 0 Å². The molecule has 0 saturated carbocycles. The van der Waals surface area contributed by atoms with Gasteiger partial charge in [0.1, 0.15) is 0 Å². The molecule has 25 heavy (non-hydrogen) atoms. The fourth-order valence-electron chi connectivity index (χ4n) is 2.66. The molecule has 0 saturated heterocycles. The molecule has 128 valence electrons. The fraction of sp³-hybridized carbons (Fsp3) is 0.100. The normalized spacial score (nSPS) is 11.2. The average molecular weight is 352 g/mol. The lowest BCUT2D eigenvalue weighted by molar-refractivity contribution is 0.601. The zero-order chi connectivity index (χ0) is 17.7. The summed E-state index contributed by atoms with van der Waals surface area (Å²) in [4.78, 5) is 0.244. The largest absolute Gasteiger partial charge is 0.316 e. The summed E-state index contributed by atoms with van der Waals surface area (Å²) in [5.41, 5.74) is 3.39. The maximum Gasteiger partial charge on any atom is 0.261 e. The monoisotopic (exact) mass is 352 g/mol. The van der Waals surface area contributed by atoms with Crippen molar-refractivity contribution in [2.45, 2.75) is 11.4 Å². The molecule has 3 rings (SSSR count). The highest BCUT2D eigenvalue weighted by molar-refractivity contribution is 7.92. The molecule has 0 aromatic heterocycles. The van der Waals surface area contributed by atoms with Crippen LogP contribution in [0, 0.1) is 0 Å². The van der Waals surface area contributed by atoms with E-state index in [9.17, 15) is 8.42 Å². The summed E-state index contributed by atoms with van der Waals surface area (Å²) in [6, 6.07) is 24.0. The maximum absolute atomic E-state index is 12.7. The van der Waals surface area contributed by atoms with Crippen LogP contribution in [0.15, 0.2) is 83.8 Å². The van der Waals surface area contributed by atoms with E-state index in [4.69, 9.17) is 0 Å². The summed E-state index contributed by atoms with van der Waals surface area (Å²) < 4.78 is 28.2. The van der Waals surface area contributed by atoms with Gasteiger partial charge in [0.05, 0.1) is 10.6 Å². The quantitative estimate of drug-likeness (QED) is 0.708. The van der Waals surface area contributed by atoms with Crippen LogP contribution in [-0.2, 0) is 16.6 Å². The standard InChI is InChI=1S/C20H20N2O2S/c1-21-15-16-12-13-19(17-8-4-2-5-9-17)20(14-16)22-25(23,24)18-10-6-3-7-11-18/h2-14,21-22H,15H2,1H3. The van der Waals surface area contributed by atoms with E-state index in [0.717, 1.165) is 16.7 Å².